The Labute approximate surface area is 132 Å². The van der Waals surface area contributed by atoms with Crippen molar-refractivity contribution in [1.82, 2.24) is 0 Å². The Morgan fingerprint density at radius 3 is 2.58 bits per heavy atom. The number of nitrogens with zero attached hydrogens (tertiary/aromatic N) is 1. The van der Waals surface area contributed by atoms with Crippen LogP contribution in [0.2, 0.25) is 0 Å². The summed E-state index contributed by atoms with van der Waals surface area (Å²) >= 11 is 0. The number of ether oxygens (including phenoxy) is 1. The summed E-state index contributed by atoms with van der Waals surface area (Å²) < 4.78 is 8.07. The van der Waals surface area contributed by atoms with E-state index in [9.17, 15) is 0 Å². The van der Waals surface area contributed by atoms with Gasteiger partial charge in [-0.05, 0) is 31.5 Å². The van der Waals surface area contributed by atoms with Gasteiger partial charge in [0.05, 0.1) is 12.0 Å². The van der Waals surface area contributed by atoms with Crippen LogP contribution in [0.3, 0.4) is 0 Å². The molecule has 2 rings (SSSR count). The maximum absolute atomic E-state index is 5.75. The van der Waals surface area contributed by atoms with E-state index in [1.165, 1.54) is 23.0 Å². The molecule has 0 aliphatic heterocycles. The summed E-state index contributed by atoms with van der Waals surface area (Å²) in [6.45, 7) is 8.31. The fourth-order valence-electron chi connectivity index (χ4n) is 2.25. The van der Waals surface area contributed by atoms with Gasteiger partial charge in [-0.25, -0.2) is 0 Å². The van der Waals surface area contributed by atoms with Crippen molar-refractivity contribution in [2.75, 3.05) is 6.61 Å². The molecule has 0 bridgehead atoms. The van der Waals surface area contributed by atoms with Crippen molar-refractivity contribution in [3.05, 3.63) is 36.0 Å². The van der Waals surface area contributed by atoms with E-state index in [1.807, 2.05) is 0 Å². The first-order chi connectivity index (χ1) is 8.76. The van der Waals surface area contributed by atoms with E-state index >= 15 is 0 Å². The first-order valence-electron chi connectivity index (χ1n) is 6.82. The molecular formula is C16H22INO. The number of halogens is 1. The zero-order valence-electron chi connectivity index (χ0n) is 11.9. The van der Waals surface area contributed by atoms with Crippen molar-refractivity contribution in [1.29, 1.82) is 0 Å². The van der Waals surface area contributed by atoms with Gasteiger partial charge in [0.1, 0.15) is 12.3 Å². The van der Waals surface area contributed by atoms with Gasteiger partial charge in [0.25, 0.3) is 0 Å². The molecule has 1 heterocycles. The summed E-state index contributed by atoms with van der Waals surface area (Å²) in [5.41, 5.74) is 2.57. The molecule has 2 aromatic rings. The number of hydrogen-bond acceptors (Lipinski definition) is 1. The number of hydrogen-bond donors (Lipinski definition) is 0. The molecule has 0 fully saturated rings. The smallest absolute Gasteiger partial charge is 0.212 e. The van der Waals surface area contributed by atoms with Crippen molar-refractivity contribution < 1.29 is 33.3 Å². The van der Waals surface area contributed by atoms with Gasteiger partial charge in [-0.15, -0.1) is 0 Å². The number of rotatable bonds is 5. The Bertz CT molecular complexity index is 540. The van der Waals surface area contributed by atoms with Crippen LogP contribution < -0.4 is 33.3 Å². The lowest BCUT2D eigenvalue weighted by molar-refractivity contribution is -0.673. The first kappa shape index (κ1) is 16.2. The molecule has 2 nitrogen and oxygen atoms in total. The Balaban J connectivity index is 0.00000180. The lowest BCUT2D eigenvalue weighted by atomic mass is 10.2. The Hall–Kier alpha value is -0.840. The van der Waals surface area contributed by atoms with Crippen molar-refractivity contribution in [3.8, 4) is 5.75 Å². The maximum Gasteiger partial charge on any atom is 0.212 e. The van der Waals surface area contributed by atoms with Gasteiger partial charge in [0, 0.05) is 19.1 Å². The van der Waals surface area contributed by atoms with Crippen LogP contribution in [0.25, 0.3) is 10.9 Å². The van der Waals surface area contributed by atoms with Crippen molar-refractivity contribution in [3.63, 3.8) is 0 Å². The average molecular weight is 371 g/mol. The number of fused-ring (bicyclic) bond motifs is 1. The van der Waals surface area contributed by atoms with Crippen LogP contribution in [0.5, 0.6) is 5.75 Å². The third kappa shape index (κ3) is 3.81. The minimum absolute atomic E-state index is 0. The number of pyridine rings is 1. The van der Waals surface area contributed by atoms with Gasteiger partial charge in [0.15, 0.2) is 5.69 Å². The highest BCUT2D eigenvalue weighted by Gasteiger charge is 2.10. The molecule has 0 aliphatic carbocycles. The fraction of sp³-hybridized carbons (Fsp3) is 0.438. The summed E-state index contributed by atoms with van der Waals surface area (Å²) in [6, 6.07) is 10.7. The Morgan fingerprint density at radius 2 is 1.89 bits per heavy atom. The Kier molecular flexibility index (Phi) is 6.55. The molecule has 19 heavy (non-hydrogen) atoms. The van der Waals surface area contributed by atoms with Crippen LogP contribution in [0.15, 0.2) is 30.3 Å². The van der Waals surface area contributed by atoms with Crippen molar-refractivity contribution >= 4 is 10.9 Å². The molecule has 1 aromatic carbocycles. The molecule has 0 radical (unpaired) electrons. The molecule has 3 heteroatoms. The summed E-state index contributed by atoms with van der Waals surface area (Å²) in [6.07, 6.45) is 2.28. The highest BCUT2D eigenvalue weighted by Crippen LogP contribution is 2.19. The lowest BCUT2D eigenvalue weighted by Crippen LogP contribution is -3.00. The van der Waals surface area contributed by atoms with Crippen molar-refractivity contribution in [2.45, 2.75) is 40.2 Å². The van der Waals surface area contributed by atoms with Crippen LogP contribution in [-0.2, 0) is 6.54 Å². The molecule has 104 valence electrons. The molecule has 0 atom stereocenters. The second kappa shape index (κ2) is 7.68. The minimum atomic E-state index is 0. The minimum Gasteiger partial charge on any atom is -1.00 e. The maximum atomic E-state index is 5.75. The van der Waals surface area contributed by atoms with E-state index in [2.05, 4.69) is 55.7 Å². The Morgan fingerprint density at radius 1 is 1.11 bits per heavy atom. The van der Waals surface area contributed by atoms with E-state index in [0.717, 1.165) is 25.3 Å². The molecule has 0 saturated heterocycles. The molecular weight excluding hydrogens is 349 g/mol. The topological polar surface area (TPSA) is 13.1 Å². The van der Waals surface area contributed by atoms with E-state index in [4.69, 9.17) is 4.74 Å². The molecule has 1 aromatic heterocycles. The number of unbranched alkanes of at least 4 members (excludes halogenated alkanes) is 1. The predicted molar refractivity (Wildman–Crippen MR) is 75.0 cm³/mol. The van der Waals surface area contributed by atoms with Crippen LogP contribution in [-0.4, -0.2) is 6.61 Å². The number of aromatic nitrogens is 1. The normalized spacial score (nSPS) is 10.3. The third-order valence-corrected chi connectivity index (χ3v) is 3.30. The quantitative estimate of drug-likeness (QED) is 0.427. The van der Waals surface area contributed by atoms with E-state index in [0.29, 0.717) is 0 Å². The van der Waals surface area contributed by atoms with Gasteiger partial charge < -0.3 is 28.7 Å². The van der Waals surface area contributed by atoms with Gasteiger partial charge in [-0.3, -0.25) is 0 Å². The molecule has 0 spiro atoms. The molecule has 0 aliphatic rings. The van der Waals surface area contributed by atoms with Gasteiger partial charge in [-0.2, -0.15) is 4.57 Å². The standard InChI is InChI=1S/C16H22NO.HI/c1-4-6-11-18-15-9-10-16-14(12-15)8-7-13(3)17(16)5-2;/h7-10,12H,4-6,11H2,1-3H3;1H/q+1;/p-1. The van der Waals surface area contributed by atoms with Gasteiger partial charge in [0.2, 0.25) is 5.52 Å². The molecule has 0 unspecified atom stereocenters. The summed E-state index contributed by atoms with van der Waals surface area (Å²) in [5.74, 6) is 0.974. The van der Waals surface area contributed by atoms with E-state index in [-0.39, 0.29) is 24.0 Å². The van der Waals surface area contributed by atoms with Crippen LogP contribution in [0.1, 0.15) is 32.4 Å². The molecule has 0 N–H and O–H groups in total. The average Bonchev–Trinajstić information content (AvgIpc) is 2.39. The highest BCUT2D eigenvalue weighted by atomic mass is 127. The van der Waals surface area contributed by atoms with Crippen LogP contribution in [0.4, 0.5) is 0 Å². The third-order valence-electron chi connectivity index (χ3n) is 3.30. The van der Waals surface area contributed by atoms with Crippen LogP contribution >= 0.6 is 0 Å². The monoisotopic (exact) mass is 371 g/mol. The SMILES string of the molecule is CCCCOc1ccc2c(ccc(C)[n+]2CC)c1.[I-]. The van der Waals surface area contributed by atoms with Gasteiger partial charge >= 0.3 is 0 Å². The number of benzene rings is 1. The highest BCUT2D eigenvalue weighted by molar-refractivity contribution is 5.77. The second-order valence-electron chi connectivity index (χ2n) is 4.64. The second-order valence-corrected chi connectivity index (χ2v) is 4.64. The zero-order valence-corrected chi connectivity index (χ0v) is 14.1. The number of aryl methyl sites for hydroxylation is 2. The largest absolute Gasteiger partial charge is 1.00 e. The fourth-order valence-corrected chi connectivity index (χ4v) is 2.25. The van der Waals surface area contributed by atoms with Crippen molar-refractivity contribution in [2.24, 2.45) is 0 Å². The predicted octanol–water partition coefficient (Wildman–Crippen LogP) is 0.639. The zero-order chi connectivity index (χ0) is 13.0. The first-order valence-corrected chi connectivity index (χ1v) is 6.82. The summed E-state index contributed by atoms with van der Waals surface area (Å²) in [7, 11) is 0. The van der Waals surface area contributed by atoms with Gasteiger partial charge in [-0.1, -0.05) is 13.3 Å². The summed E-state index contributed by atoms with van der Waals surface area (Å²) in [5, 5.41) is 1.25. The summed E-state index contributed by atoms with van der Waals surface area (Å²) in [4.78, 5) is 0. The van der Waals surface area contributed by atoms with Crippen LogP contribution in [0, 0.1) is 6.92 Å². The van der Waals surface area contributed by atoms with E-state index < -0.39 is 0 Å². The van der Waals surface area contributed by atoms with E-state index in [1.54, 1.807) is 0 Å². The lowest BCUT2D eigenvalue weighted by Gasteiger charge is -2.07. The molecule has 0 saturated carbocycles. The molecule has 0 amide bonds.